The fourth-order valence-corrected chi connectivity index (χ4v) is 5.27. The molecule has 0 saturated carbocycles. The predicted molar refractivity (Wildman–Crippen MR) is 170 cm³/mol. The molecule has 234 valence electrons. The first-order chi connectivity index (χ1) is 20.9. The van der Waals surface area contributed by atoms with Gasteiger partial charge in [-0.25, -0.2) is 4.79 Å². The van der Waals surface area contributed by atoms with Crippen LogP contribution < -0.4 is 21.7 Å². The Balaban J connectivity index is 1.54. The van der Waals surface area contributed by atoms with Gasteiger partial charge in [-0.3, -0.25) is 14.4 Å². The largest absolute Gasteiger partial charge is 0.480 e. The summed E-state index contributed by atoms with van der Waals surface area (Å²) in [5.41, 5.74) is 9.41. The van der Waals surface area contributed by atoms with Crippen LogP contribution in [0.15, 0.2) is 60.9 Å². The molecule has 0 aliphatic heterocycles. The minimum Gasteiger partial charge on any atom is -0.480 e. The molecule has 11 nitrogen and oxygen atoms in total. The first kappa shape index (κ1) is 32.3. The van der Waals surface area contributed by atoms with E-state index < -0.39 is 47.9 Å². The zero-order valence-electron chi connectivity index (χ0n) is 25.5. The molecule has 0 aliphatic rings. The van der Waals surface area contributed by atoms with Crippen LogP contribution in [-0.4, -0.2) is 62.9 Å². The second-order valence-corrected chi connectivity index (χ2v) is 12.0. The van der Waals surface area contributed by atoms with Crippen molar-refractivity contribution < 1.29 is 24.3 Å². The van der Waals surface area contributed by atoms with E-state index in [9.17, 15) is 24.3 Å². The first-order valence-electron chi connectivity index (χ1n) is 14.9. The number of carbonyl (C=O) groups is 4. The number of carbonyl (C=O) groups excluding carboxylic acids is 3. The van der Waals surface area contributed by atoms with E-state index in [4.69, 9.17) is 5.73 Å². The van der Waals surface area contributed by atoms with Gasteiger partial charge in [-0.15, -0.1) is 0 Å². The van der Waals surface area contributed by atoms with Crippen LogP contribution in [0.3, 0.4) is 0 Å². The average Bonchev–Trinajstić information content (AvgIpc) is 3.59. The molecule has 4 unspecified atom stereocenters. The third kappa shape index (κ3) is 7.84. The number of hydrogen-bond donors (Lipinski definition) is 7. The Morgan fingerprint density at radius 2 is 1.16 bits per heavy atom. The minimum absolute atomic E-state index is 0.000956. The normalized spacial score (nSPS) is 14.3. The van der Waals surface area contributed by atoms with Gasteiger partial charge in [0.25, 0.3) is 0 Å². The molecule has 0 bridgehead atoms. The molecule has 0 aliphatic carbocycles. The van der Waals surface area contributed by atoms with Crippen LogP contribution in [0.4, 0.5) is 0 Å². The summed E-state index contributed by atoms with van der Waals surface area (Å²) in [5, 5.41) is 20.0. The van der Waals surface area contributed by atoms with Crippen molar-refractivity contribution in [1.82, 2.24) is 25.9 Å². The van der Waals surface area contributed by atoms with E-state index in [2.05, 4.69) is 25.9 Å². The van der Waals surface area contributed by atoms with Crippen LogP contribution in [-0.2, 0) is 32.0 Å². The first-order valence-corrected chi connectivity index (χ1v) is 14.9. The van der Waals surface area contributed by atoms with Gasteiger partial charge in [0, 0.05) is 47.0 Å². The van der Waals surface area contributed by atoms with E-state index in [1.165, 1.54) is 0 Å². The molecule has 4 aromatic rings. The fraction of sp³-hybridized carbons (Fsp3) is 0.394. The molecule has 11 heteroatoms. The number of H-pyrrole nitrogens is 2. The monoisotopic (exact) mass is 602 g/mol. The van der Waals surface area contributed by atoms with Gasteiger partial charge in [0.05, 0.1) is 6.04 Å². The molecule has 0 fully saturated rings. The minimum atomic E-state index is -1.22. The van der Waals surface area contributed by atoms with E-state index in [1.807, 2.05) is 76.2 Å². The number of carboxylic acids is 1. The highest BCUT2D eigenvalue weighted by Gasteiger charge is 2.32. The van der Waals surface area contributed by atoms with Crippen LogP contribution in [0, 0.1) is 11.8 Å². The Kier molecular flexibility index (Phi) is 10.4. The van der Waals surface area contributed by atoms with Crippen molar-refractivity contribution in [2.24, 2.45) is 17.6 Å². The van der Waals surface area contributed by atoms with Crippen LogP contribution in [0.5, 0.6) is 0 Å². The Morgan fingerprint density at radius 3 is 1.66 bits per heavy atom. The molecule has 0 saturated heterocycles. The van der Waals surface area contributed by atoms with Gasteiger partial charge < -0.3 is 36.8 Å². The number of rotatable bonds is 14. The Labute approximate surface area is 256 Å². The number of amides is 3. The van der Waals surface area contributed by atoms with Crippen molar-refractivity contribution in [3.8, 4) is 0 Å². The lowest BCUT2D eigenvalue weighted by Crippen LogP contribution is -2.58. The lowest BCUT2D eigenvalue weighted by Gasteiger charge is -2.26. The van der Waals surface area contributed by atoms with Gasteiger partial charge in [0.2, 0.25) is 17.7 Å². The summed E-state index contributed by atoms with van der Waals surface area (Å²) >= 11 is 0. The summed E-state index contributed by atoms with van der Waals surface area (Å²) in [5.74, 6) is -3.01. The number of hydrogen-bond acceptors (Lipinski definition) is 5. The summed E-state index contributed by atoms with van der Waals surface area (Å²) in [6.45, 7) is 7.44. The molecule has 0 radical (unpaired) electrons. The van der Waals surface area contributed by atoms with Crippen LogP contribution in [0.25, 0.3) is 21.8 Å². The number of fused-ring (bicyclic) bond motifs is 2. The number of carboxylic acid groups (broad SMARTS) is 1. The quantitative estimate of drug-likeness (QED) is 0.116. The van der Waals surface area contributed by atoms with Gasteiger partial charge >= 0.3 is 5.97 Å². The molecular weight excluding hydrogens is 560 g/mol. The van der Waals surface area contributed by atoms with Gasteiger partial charge in [-0.05, 0) is 41.5 Å². The summed E-state index contributed by atoms with van der Waals surface area (Å²) in [6, 6.07) is 11.0. The highest BCUT2D eigenvalue weighted by molar-refractivity contribution is 5.95. The number of aliphatic carboxylic acids is 1. The average molecular weight is 603 g/mol. The topological polar surface area (TPSA) is 182 Å². The molecule has 0 spiro atoms. The van der Waals surface area contributed by atoms with Crippen molar-refractivity contribution in [3.05, 3.63) is 72.1 Å². The smallest absolute Gasteiger partial charge is 0.326 e. The highest BCUT2D eigenvalue weighted by Crippen LogP contribution is 2.21. The van der Waals surface area contributed by atoms with Crippen LogP contribution in [0.2, 0.25) is 0 Å². The number of nitrogens with two attached hydrogens (primary N) is 1. The van der Waals surface area contributed by atoms with Crippen molar-refractivity contribution in [2.75, 3.05) is 0 Å². The zero-order chi connectivity index (χ0) is 32.0. The van der Waals surface area contributed by atoms with Gasteiger partial charge in [-0.2, -0.15) is 0 Å². The molecule has 8 N–H and O–H groups in total. The Morgan fingerprint density at radius 1 is 0.705 bits per heavy atom. The van der Waals surface area contributed by atoms with Gasteiger partial charge in [0.1, 0.15) is 18.1 Å². The standard InChI is InChI=1S/C33H42N6O5/c1-18(2)13-26(30(40)39-28(33(43)44)15-21-17-36-25-12-8-6-10-23(21)25)37-31(41)27(38-32(42)29(34)19(3)4)14-20-16-35-24-11-7-5-9-22(20)24/h5-12,16-19,26-29,35-36H,13-15,34H2,1-4H3,(H,37,41)(H,38,42)(H,39,40)(H,43,44). The summed E-state index contributed by atoms with van der Waals surface area (Å²) in [6.07, 6.45) is 4.00. The van der Waals surface area contributed by atoms with E-state index in [0.29, 0.717) is 0 Å². The molecule has 2 heterocycles. The predicted octanol–water partition coefficient (Wildman–Crippen LogP) is 3.00. The van der Waals surface area contributed by atoms with Crippen LogP contribution >= 0.6 is 0 Å². The van der Waals surface area contributed by atoms with E-state index in [-0.39, 0.29) is 31.1 Å². The Hall–Kier alpha value is -4.64. The Bertz CT molecular complexity index is 1620. The van der Waals surface area contributed by atoms with Crippen LogP contribution in [0.1, 0.15) is 45.2 Å². The molecule has 2 aromatic carbocycles. The molecular formula is C33H42N6O5. The van der Waals surface area contributed by atoms with Crippen molar-refractivity contribution in [1.29, 1.82) is 0 Å². The second kappa shape index (κ2) is 14.2. The van der Waals surface area contributed by atoms with Crippen molar-refractivity contribution in [3.63, 3.8) is 0 Å². The van der Waals surface area contributed by atoms with Crippen molar-refractivity contribution >= 4 is 45.5 Å². The van der Waals surface area contributed by atoms with Gasteiger partial charge in [0.15, 0.2) is 0 Å². The number of aromatic amines is 2. The summed E-state index contributed by atoms with van der Waals surface area (Å²) in [7, 11) is 0. The highest BCUT2D eigenvalue weighted by atomic mass is 16.4. The molecule has 4 rings (SSSR count). The van der Waals surface area contributed by atoms with E-state index in [1.54, 1.807) is 12.4 Å². The summed E-state index contributed by atoms with van der Waals surface area (Å²) < 4.78 is 0. The van der Waals surface area contributed by atoms with E-state index >= 15 is 0 Å². The maximum absolute atomic E-state index is 13.8. The SMILES string of the molecule is CC(C)CC(NC(=O)C(Cc1c[nH]c2ccccc12)NC(=O)C(N)C(C)C)C(=O)NC(Cc1c[nH]c2ccccc12)C(=O)O. The van der Waals surface area contributed by atoms with E-state index in [0.717, 1.165) is 32.9 Å². The molecule has 2 aromatic heterocycles. The lowest BCUT2D eigenvalue weighted by atomic mass is 9.99. The summed E-state index contributed by atoms with van der Waals surface area (Å²) in [4.78, 5) is 58.8. The van der Waals surface area contributed by atoms with Crippen molar-refractivity contribution in [2.45, 2.75) is 71.1 Å². The molecule has 3 amide bonds. The number of para-hydroxylation sites is 2. The number of nitrogens with one attached hydrogen (secondary N) is 5. The fourth-order valence-electron chi connectivity index (χ4n) is 5.27. The molecule has 4 atom stereocenters. The number of aromatic nitrogens is 2. The maximum atomic E-state index is 13.8. The maximum Gasteiger partial charge on any atom is 0.326 e. The lowest BCUT2D eigenvalue weighted by molar-refractivity contribution is -0.142. The second-order valence-electron chi connectivity index (χ2n) is 12.0. The third-order valence-electron chi connectivity index (χ3n) is 7.81. The molecule has 44 heavy (non-hydrogen) atoms. The zero-order valence-corrected chi connectivity index (χ0v) is 25.5. The number of benzene rings is 2. The third-order valence-corrected chi connectivity index (χ3v) is 7.81. The van der Waals surface area contributed by atoms with Gasteiger partial charge in [-0.1, -0.05) is 64.1 Å².